The summed E-state index contributed by atoms with van der Waals surface area (Å²) in [5.41, 5.74) is 3.28. The van der Waals surface area contributed by atoms with Gasteiger partial charge in [-0.25, -0.2) is 4.79 Å². The third kappa shape index (κ3) is 4.43. The number of rotatable bonds is 4. The van der Waals surface area contributed by atoms with E-state index in [0.717, 1.165) is 25.2 Å². The van der Waals surface area contributed by atoms with Gasteiger partial charge in [-0.05, 0) is 69.5 Å². The normalized spacial score (nSPS) is 19.0. The third-order valence-corrected chi connectivity index (χ3v) is 6.60. The van der Waals surface area contributed by atoms with Gasteiger partial charge in [0.2, 0.25) is 0 Å². The smallest absolute Gasteiger partial charge is 0.410 e. The van der Waals surface area contributed by atoms with Crippen molar-refractivity contribution in [2.45, 2.75) is 63.3 Å². The lowest BCUT2D eigenvalue weighted by atomic mass is 9.84. The number of nitrogens with zero attached hydrogens (tertiary/aromatic N) is 1. The van der Waals surface area contributed by atoms with Crippen LogP contribution in [0.4, 0.5) is 10.5 Å². The van der Waals surface area contributed by atoms with Crippen molar-refractivity contribution in [3.05, 3.63) is 29.3 Å². The summed E-state index contributed by atoms with van der Waals surface area (Å²) >= 11 is 1.98. The fraction of sp³-hybridized carbons (Fsp3) is 0.650. The molecule has 1 amide bonds. The number of carbonyl (C=O) groups is 1. The number of anilines is 1. The fourth-order valence-corrected chi connectivity index (χ4v) is 4.35. The number of hydrogen-bond donors (Lipinski definition) is 1. The first-order chi connectivity index (χ1) is 11.8. The number of ether oxygens (including phenoxy) is 1. The molecule has 0 unspecified atom stereocenters. The summed E-state index contributed by atoms with van der Waals surface area (Å²) in [4.78, 5) is 14.1. The molecule has 1 aromatic rings. The van der Waals surface area contributed by atoms with Gasteiger partial charge in [0.15, 0.2) is 0 Å². The molecule has 1 aliphatic carbocycles. The minimum absolute atomic E-state index is 0.215. The molecule has 5 heteroatoms. The van der Waals surface area contributed by atoms with Gasteiger partial charge < -0.3 is 15.0 Å². The highest BCUT2D eigenvalue weighted by atomic mass is 32.2. The maximum absolute atomic E-state index is 12.3. The summed E-state index contributed by atoms with van der Waals surface area (Å²) in [6, 6.07) is 6.59. The van der Waals surface area contributed by atoms with Crippen LogP contribution in [0.3, 0.4) is 0 Å². The highest BCUT2D eigenvalue weighted by Gasteiger charge is 2.35. The SMILES string of the molecule is CSC1(CNc2ccc3c(c2)CN(C(=O)OC(C)(C)C)CC3)CCC1. The second-order valence-electron chi connectivity index (χ2n) is 8.23. The summed E-state index contributed by atoms with van der Waals surface area (Å²) in [7, 11) is 0. The molecule has 25 heavy (non-hydrogen) atoms. The topological polar surface area (TPSA) is 41.6 Å². The Balaban J connectivity index is 1.64. The van der Waals surface area contributed by atoms with Gasteiger partial charge in [0.05, 0.1) is 0 Å². The van der Waals surface area contributed by atoms with Crippen molar-refractivity contribution in [3.63, 3.8) is 0 Å². The molecule has 1 N–H and O–H groups in total. The van der Waals surface area contributed by atoms with E-state index in [1.807, 2.05) is 37.4 Å². The molecule has 138 valence electrons. The first-order valence-corrected chi connectivity index (χ1v) is 10.4. The van der Waals surface area contributed by atoms with Gasteiger partial charge in [-0.15, -0.1) is 0 Å². The molecule has 0 aromatic heterocycles. The summed E-state index contributed by atoms with van der Waals surface area (Å²) in [5, 5.41) is 3.62. The number of nitrogens with one attached hydrogen (secondary N) is 1. The second kappa shape index (κ2) is 7.10. The lowest BCUT2D eigenvalue weighted by molar-refractivity contribution is 0.0224. The minimum atomic E-state index is -0.449. The van der Waals surface area contributed by atoms with E-state index in [4.69, 9.17) is 4.74 Å². The molecule has 1 aliphatic heterocycles. The predicted octanol–water partition coefficient (Wildman–Crippen LogP) is 4.68. The fourth-order valence-electron chi connectivity index (χ4n) is 3.44. The van der Waals surface area contributed by atoms with E-state index in [9.17, 15) is 4.79 Å². The van der Waals surface area contributed by atoms with Crippen LogP contribution in [0.2, 0.25) is 0 Å². The molecule has 0 saturated heterocycles. The lowest BCUT2D eigenvalue weighted by Crippen LogP contribution is -2.40. The average molecular weight is 363 g/mol. The summed E-state index contributed by atoms with van der Waals surface area (Å²) in [5.74, 6) is 0. The van der Waals surface area contributed by atoms with Crippen LogP contribution >= 0.6 is 11.8 Å². The van der Waals surface area contributed by atoms with E-state index in [1.54, 1.807) is 0 Å². The van der Waals surface area contributed by atoms with Crippen molar-refractivity contribution >= 4 is 23.5 Å². The molecule has 0 atom stereocenters. The highest BCUT2D eigenvalue weighted by molar-refractivity contribution is 8.00. The van der Waals surface area contributed by atoms with Crippen molar-refractivity contribution < 1.29 is 9.53 Å². The zero-order chi connectivity index (χ0) is 18.1. The molecule has 0 spiro atoms. The first kappa shape index (κ1) is 18.4. The summed E-state index contributed by atoms with van der Waals surface area (Å²) in [6.45, 7) is 8.10. The number of hydrogen-bond acceptors (Lipinski definition) is 4. The second-order valence-corrected chi connectivity index (χ2v) is 9.50. The molecule has 4 nitrogen and oxygen atoms in total. The monoisotopic (exact) mass is 362 g/mol. The van der Waals surface area contributed by atoms with Gasteiger partial charge in [-0.1, -0.05) is 12.5 Å². The molecular formula is C20H30N2O2S. The minimum Gasteiger partial charge on any atom is -0.444 e. The lowest BCUT2D eigenvalue weighted by Gasteiger charge is -2.40. The van der Waals surface area contributed by atoms with Gasteiger partial charge in [0, 0.05) is 30.1 Å². The number of benzene rings is 1. The van der Waals surface area contributed by atoms with Crippen molar-refractivity contribution in [2.24, 2.45) is 0 Å². The van der Waals surface area contributed by atoms with E-state index in [0.29, 0.717) is 11.3 Å². The predicted molar refractivity (Wildman–Crippen MR) is 105 cm³/mol. The standard InChI is InChI=1S/C20H30N2O2S/c1-19(2,3)24-18(23)22-11-8-15-6-7-17(12-16(15)13-22)21-14-20(25-4)9-5-10-20/h6-7,12,21H,5,8-11,13-14H2,1-4H3. The summed E-state index contributed by atoms with van der Waals surface area (Å²) < 4.78 is 5.94. The van der Waals surface area contributed by atoms with Crippen LogP contribution in [0, 0.1) is 0 Å². The van der Waals surface area contributed by atoms with Crippen LogP contribution < -0.4 is 5.32 Å². The first-order valence-electron chi connectivity index (χ1n) is 9.19. The van der Waals surface area contributed by atoms with Crippen molar-refractivity contribution in [1.82, 2.24) is 4.90 Å². The van der Waals surface area contributed by atoms with E-state index in [-0.39, 0.29) is 6.09 Å². The van der Waals surface area contributed by atoms with Gasteiger partial charge in [-0.3, -0.25) is 0 Å². The van der Waals surface area contributed by atoms with E-state index in [1.165, 1.54) is 30.4 Å². The summed E-state index contributed by atoms with van der Waals surface area (Å²) in [6.07, 6.45) is 6.84. The Labute approximate surface area is 155 Å². The molecule has 1 fully saturated rings. The zero-order valence-electron chi connectivity index (χ0n) is 15.9. The molecule has 0 bridgehead atoms. The van der Waals surface area contributed by atoms with E-state index < -0.39 is 5.60 Å². The average Bonchev–Trinajstić information content (AvgIpc) is 2.52. The number of fused-ring (bicyclic) bond motifs is 1. The molecule has 1 heterocycles. The number of thioether (sulfide) groups is 1. The van der Waals surface area contributed by atoms with Crippen molar-refractivity contribution in [2.75, 3.05) is 24.7 Å². The molecule has 0 radical (unpaired) electrons. The Morgan fingerprint density at radius 1 is 1.32 bits per heavy atom. The quantitative estimate of drug-likeness (QED) is 0.844. The molecule has 1 saturated carbocycles. The van der Waals surface area contributed by atoms with Gasteiger partial charge in [0.1, 0.15) is 5.60 Å². The molecule has 3 rings (SSSR count). The van der Waals surface area contributed by atoms with E-state index in [2.05, 4.69) is 29.8 Å². The van der Waals surface area contributed by atoms with Crippen LogP contribution in [-0.2, 0) is 17.7 Å². The van der Waals surface area contributed by atoms with Crippen LogP contribution in [0.25, 0.3) is 0 Å². The maximum Gasteiger partial charge on any atom is 0.410 e. The highest BCUT2D eigenvalue weighted by Crippen LogP contribution is 2.42. The van der Waals surface area contributed by atoms with E-state index >= 15 is 0 Å². The Bertz CT molecular complexity index is 630. The van der Waals surface area contributed by atoms with Crippen LogP contribution in [0.15, 0.2) is 18.2 Å². The number of carbonyl (C=O) groups excluding carboxylic acids is 1. The molecular weight excluding hydrogens is 332 g/mol. The van der Waals surface area contributed by atoms with Gasteiger partial charge in [0.25, 0.3) is 0 Å². The maximum atomic E-state index is 12.3. The van der Waals surface area contributed by atoms with Crippen LogP contribution in [-0.4, -0.2) is 40.7 Å². The Morgan fingerprint density at radius 2 is 2.08 bits per heavy atom. The Hall–Kier alpha value is -1.36. The Morgan fingerprint density at radius 3 is 2.68 bits per heavy atom. The van der Waals surface area contributed by atoms with Gasteiger partial charge in [-0.2, -0.15) is 11.8 Å². The molecule has 1 aromatic carbocycles. The van der Waals surface area contributed by atoms with Crippen molar-refractivity contribution in [1.29, 1.82) is 0 Å². The molecule has 2 aliphatic rings. The van der Waals surface area contributed by atoms with Crippen molar-refractivity contribution in [3.8, 4) is 0 Å². The largest absolute Gasteiger partial charge is 0.444 e. The van der Waals surface area contributed by atoms with Gasteiger partial charge >= 0.3 is 6.09 Å². The van der Waals surface area contributed by atoms with Crippen LogP contribution in [0.1, 0.15) is 51.2 Å². The zero-order valence-corrected chi connectivity index (χ0v) is 16.7. The third-order valence-electron chi connectivity index (χ3n) is 5.18. The van der Waals surface area contributed by atoms with Crippen LogP contribution in [0.5, 0.6) is 0 Å². The number of amides is 1. The Kier molecular flexibility index (Phi) is 5.24.